The first-order chi connectivity index (χ1) is 13.7. The molecule has 0 saturated carbocycles. The van der Waals surface area contributed by atoms with E-state index in [9.17, 15) is 14.5 Å². The standard InChI is InChI=1S/C21H26ClO5PSi/c1-21(2,3)29(18-10-6-4-7-11-18,19-12-8-5-9-13-19)27-17(14-20(23)24)15-28(25)26-16-22/h4-13,17H,14-16H2,1-3H3/p+1. The summed E-state index contributed by atoms with van der Waals surface area (Å²) >= 11 is 5.53. The molecule has 0 radical (unpaired) electrons. The Morgan fingerprint density at radius 1 is 1.07 bits per heavy atom. The fraction of sp³-hybridized carbons (Fsp3) is 0.381. The number of carboxylic acids is 1. The van der Waals surface area contributed by atoms with E-state index in [0.29, 0.717) is 0 Å². The molecular formula is C21H27ClO5PSi+. The van der Waals surface area contributed by atoms with E-state index in [1.54, 1.807) is 0 Å². The molecule has 0 aliphatic carbocycles. The van der Waals surface area contributed by atoms with Gasteiger partial charge in [0.1, 0.15) is 6.10 Å². The summed E-state index contributed by atoms with van der Waals surface area (Å²) in [6, 6.07) is 19.6. The van der Waals surface area contributed by atoms with Gasteiger partial charge in [-0.25, -0.2) is 0 Å². The lowest BCUT2D eigenvalue weighted by Crippen LogP contribution is -2.68. The molecule has 0 spiro atoms. The maximum Gasteiger partial charge on any atom is 0.512 e. The summed E-state index contributed by atoms with van der Waals surface area (Å²) in [4.78, 5) is 11.5. The summed E-state index contributed by atoms with van der Waals surface area (Å²) < 4.78 is 24.0. The van der Waals surface area contributed by atoms with Crippen molar-refractivity contribution < 1.29 is 23.4 Å². The normalized spacial score (nSPS) is 13.7. The summed E-state index contributed by atoms with van der Waals surface area (Å²) in [5.74, 6) is -1.01. The molecule has 29 heavy (non-hydrogen) atoms. The topological polar surface area (TPSA) is 72.8 Å². The van der Waals surface area contributed by atoms with Gasteiger partial charge in [0.2, 0.25) is 6.16 Å². The lowest BCUT2D eigenvalue weighted by molar-refractivity contribution is -0.138. The molecule has 0 fully saturated rings. The highest BCUT2D eigenvalue weighted by Gasteiger charge is 2.52. The van der Waals surface area contributed by atoms with Gasteiger partial charge in [-0.05, 0) is 20.0 Å². The lowest BCUT2D eigenvalue weighted by atomic mass is 10.2. The van der Waals surface area contributed by atoms with Gasteiger partial charge in [0.05, 0.1) is 6.42 Å². The van der Waals surface area contributed by atoms with Gasteiger partial charge in [0, 0.05) is 0 Å². The van der Waals surface area contributed by atoms with E-state index in [1.807, 2.05) is 60.7 Å². The Bertz CT molecular complexity index is 771. The Morgan fingerprint density at radius 2 is 1.55 bits per heavy atom. The Kier molecular flexibility index (Phi) is 8.55. The largest absolute Gasteiger partial charge is 0.512 e. The zero-order valence-corrected chi connectivity index (χ0v) is 19.5. The van der Waals surface area contributed by atoms with Gasteiger partial charge >= 0.3 is 14.0 Å². The minimum absolute atomic E-state index is 0.0289. The number of halogens is 1. The molecule has 0 aliphatic rings. The van der Waals surface area contributed by atoms with Crippen molar-refractivity contribution in [3.05, 3.63) is 60.7 Å². The van der Waals surface area contributed by atoms with Crippen LogP contribution in [0.3, 0.4) is 0 Å². The van der Waals surface area contributed by atoms with Crippen molar-refractivity contribution in [3.8, 4) is 0 Å². The fourth-order valence-electron chi connectivity index (χ4n) is 3.55. The van der Waals surface area contributed by atoms with Gasteiger partial charge in [-0.2, -0.15) is 0 Å². The molecular weight excluding hydrogens is 427 g/mol. The molecule has 0 saturated heterocycles. The van der Waals surface area contributed by atoms with Crippen LogP contribution in [-0.4, -0.2) is 37.7 Å². The second-order valence-corrected chi connectivity index (χ2v) is 13.5. The number of carbonyl (C=O) groups is 1. The number of alkyl halides is 1. The van der Waals surface area contributed by atoms with Gasteiger partial charge in [-0.15, -0.1) is 4.52 Å². The molecule has 2 rings (SSSR count). The van der Waals surface area contributed by atoms with Crippen molar-refractivity contribution in [3.63, 3.8) is 0 Å². The van der Waals surface area contributed by atoms with E-state index in [-0.39, 0.29) is 23.7 Å². The summed E-state index contributed by atoms with van der Waals surface area (Å²) in [6.07, 6.45) is -1.07. The first kappa shape index (κ1) is 23.7. The third-order valence-electron chi connectivity index (χ3n) is 4.71. The summed E-state index contributed by atoms with van der Waals surface area (Å²) in [5, 5.41) is 11.2. The Hall–Kier alpha value is -1.56. The molecule has 8 heteroatoms. The highest BCUT2D eigenvalue weighted by atomic mass is 35.5. The molecule has 5 nitrogen and oxygen atoms in total. The number of rotatable bonds is 10. The summed E-state index contributed by atoms with van der Waals surface area (Å²) in [5.41, 5.74) is 0. The number of carboxylic acid groups (broad SMARTS) is 1. The Labute approximate surface area is 179 Å². The van der Waals surface area contributed by atoms with E-state index < -0.39 is 28.4 Å². The maximum absolute atomic E-state index is 12.2. The molecule has 1 N–H and O–H groups in total. The minimum Gasteiger partial charge on any atom is -0.481 e. The minimum atomic E-state index is -2.95. The van der Waals surface area contributed by atoms with Crippen LogP contribution in [0.4, 0.5) is 0 Å². The van der Waals surface area contributed by atoms with Crippen LogP contribution in [0.5, 0.6) is 0 Å². The second-order valence-electron chi connectivity index (χ2n) is 7.75. The van der Waals surface area contributed by atoms with Crippen molar-refractivity contribution in [2.45, 2.75) is 38.3 Å². The number of hydrogen-bond donors (Lipinski definition) is 1. The number of hydrogen-bond acceptors (Lipinski definition) is 4. The van der Waals surface area contributed by atoms with Crippen LogP contribution in [0.1, 0.15) is 27.2 Å². The third-order valence-corrected chi connectivity index (χ3v) is 11.2. The molecule has 2 atom stereocenters. The second kappa shape index (κ2) is 10.5. The monoisotopic (exact) mass is 453 g/mol. The average molecular weight is 454 g/mol. The molecule has 2 unspecified atom stereocenters. The van der Waals surface area contributed by atoms with Crippen molar-refractivity contribution in [1.29, 1.82) is 0 Å². The molecule has 156 valence electrons. The predicted octanol–water partition coefficient (Wildman–Crippen LogP) is 4.36. The zero-order valence-electron chi connectivity index (χ0n) is 16.9. The van der Waals surface area contributed by atoms with Crippen LogP contribution in [-0.2, 0) is 18.3 Å². The first-order valence-corrected chi connectivity index (χ1v) is 13.2. The number of benzene rings is 2. The maximum atomic E-state index is 12.2. The molecule has 0 amide bonds. The Morgan fingerprint density at radius 3 is 1.93 bits per heavy atom. The molecule has 0 aromatic heterocycles. The summed E-state index contributed by atoms with van der Waals surface area (Å²) in [6.45, 7) is 6.31. The van der Waals surface area contributed by atoms with Gasteiger partial charge in [0.15, 0.2) is 6.07 Å². The van der Waals surface area contributed by atoms with E-state index in [2.05, 4.69) is 20.8 Å². The van der Waals surface area contributed by atoms with Crippen molar-refractivity contribution >= 4 is 44.3 Å². The highest BCUT2D eigenvalue weighted by Crippen LogP contribution is 2.39. The van der Waals surface area contributed by atoms with Crippen LogP contribution in [0.25, 0.3) is 0 Å². The fourth-order valence-corrected chi connectivity index (χ4v) is 9.45. The van der Waals surface area contributed by atoms with Gasteiger partial charge in [0.25, 0.3) is 8.32 Å². The lowest BCUT2D eigenvalue weighted by Gasteiger charge is -2.44. The van der Waals surface area contributed by atoms with Gasteiger partial charge in [-0.3, -0.25) is 4.79 Å². The SMILES string of the molecule is CC(C)(C)[Si](OC(CC(=O)O)C[P+](=O)OCCl)(c1ccccc1)c1ccccc1. The molecule has 0 aliphatic heterocycles. The number of aliphatic carboxylic acids is 1. The third kappa shape index (κ3) is 5.97. The quantitative estimate of drug-likeness (QED) is 0.328. The van der Waals surface area contributed by atoms with Crippen molar-refractivity contribution in [2.75, 3.05) is 12.2 Å². The van der Waals surface area contributed by atoms with Crippen LogP contribution in [0, 0.1) is 0 Å². The average Bonchev–Trinajstić information content (AvgIpc) is 2.66. The van der Waals surface area contributed by atoms with E-state index >= 15 is 0 Å². The highest BCUT2D eigenvalue weighted by molar-refractivity contribution is 7.39. The van der Waals surface area contributed by atoms with Crippen molar-refractivity contribution in [1.82, 2.24) is 0 Å². The van der Waals surface area contributed by atoms with E-state index in [1.165, 1.54) is 0 Å². The summed E-state index contributed by atoms with van der Waals surface area (Å²) in [7, 11) is -5.07. The van der Waals surface area contributed by atoms with Crippen LogP contribution < -0.4 is 10.4 Å². The molecule has 2 aromatic rings. The zero-order chi connectivity index (χ0) is 21.5. The first-order valence-electron chi connectivity index (χ1n) is 9.35. The van der Waals surface area contributed by atoms with Crippen LogP contribution >= 0.6 is 19.6 Å². The van der Waals surface area contributed by atoms with E-state index in [0.717, 1.165) is 10.4 Å². The van der Waals surface area contributed by atoms with Crippen LogP contribution in [0.15, 0.2) is 60.7 Å². The van der Waals surface area contributed by atoms with E-state index in [4.69, 9.17) is 20.6 Å². The molecule has 2 aromatic carbocycles. The Balaban J connectivity index is 2.61. The van der Waals surface area contributed by atoms with Gasteiger partial charge in [-0.1, -0.05) is 93.0 Å². The van der Waals surface area contributed by atoms with Crippen molar-refractivity contribution in [2.24, 2.45) is 0 Å². The molecule has 0 bridgehead atoms. The molecule has 0 heterocycles. The van der Waals surface area contributed by atoms with Gasteiger partial charge < -0.3 is 9.53 Å². The predicted molar refractivity (Wildman–Crippen MR) is 119 cm³/mol. The smallest absolute Gasteiger partial charge is 0.481 e. The van der Waals surface area contributed by atoms with Crippen LogP contribution in [0.2, 0.25) is 5.04 Å².